The van der Waals surface area contributed by atoms with Gasteiger partial charge in [0, 0.05) is 28.4 Å². The van der Waals surface area contributed by atoms with E-state index >= 15 is 0 Å². The Morgan fingerprint density at radius 3 is 2.57 bits per heavy atom. The van der Waals surface area contributed by atoms with Crippen LogP contribution < -0.4 is 5.32 Å². The van der Waals surface area contributed by atoms with E-state index in [1.165, 1.54) is 0 Å². The van der Waals surface area contributed by atoms with Gasteiger partial charge in [0.15, 0.2) is 5.82 Å². The Balaban J connectivity index is 2.55. The molecule has 0 aliphatic heterocycles. The first-order chi connectivity index (χ1) is 10.1. The highest BCUT2D eigenvalue weighted by Gasteiger charge is 2.13. The van der Waals surface area contributed by atoms with Crippen molar-refractivity contribution in [1.29, 1.82) is 0 Å². The third-order valence-corrected chi connectivity index (χ3v) is 3.86. The third kappa shape index (κ3) is 3.66. The Labute approximate surface area is 135 Å². The second-order valence-electron chi connectivity index (χ2n) is 4.87. The summed E-state index contributed by atoms with van der Waals surface area (Å²) in [6.45, 7) is 7.13. The van der Waals surface area contributed by atoms with Gasteiger partial charge >= 0.3 is 0 Å². The fourth-order valence-corrected chi connectivity index (χ4v) is 2.49. The molecule has 21 heavy (non-hydrogen) atoms. The minimum absolute atomic E-state index is 0.603. The van der Waals surface area contributed by atoms with E-state index in [-0.39, 0.29) is 0 Å². The Hall–Kier alpha value is -1.32. The van der Waals surface area contributed by atoms with Crippen LogP contribution in [0.4, 0.5) is 5.82 Å². The summed E-state index contributed by atoms with van der Waals surface area (Å²) < 4.78 is 0. The van der Waals surface area contributed by atoms with Crippen LogP contribution in [0.25, 0.3) is 11.4 Å². The van der Waals surface area contributed by atoms with Gasteiger partial charge in [0.2, 0.25) is 0 Å². The molecule has 0 radical (unpaired) electrons. The van der Waals surface area contributed by atoms with E-state index in [1.54, 1.807) is 18.2 Å². The van der Waals surface area contributed by atoms with E-state index in [0.29, 0.717) is 15.9 Å². The number of anilines is 1. The maximum absolute atomic E-state index is 6.26. The van der Waals surface area contributed by atoms with Gasteiger partial charge in [-0.1, -0.05) is 37.0 Å². The molecule has 0 spiro atoms. The zero-order valence-corrected chi connectivity index (χ0v) is 14.0. The summed E-state index contributed by atoms with van der Waals surface area (Å²) in [4.78, 5) is 9.26. The van der Waals surface area contributed by atoms with E-state index in [2.05, 4.69) is 29.1 Å². The van der Waals surface area contributed by atoms with Crippen molar-refractivity contribution >= 4 is 29.0 Å². The number of nitrogens with zero attached hydrogens (tertiary/aromatic N) is 2. The van der Waals surface area contributed by atoms with E-state index < -0.39 is 0 Å². The molecule has 0 aliphatic carbocycles. The Morgan fingerprint density at radius 2 is 1.90 bits per heavy atom. The molecule has 2 aromatic rings. The molecule has 0 aliphatic rings. The van der Waals surface area contributed by atoms with Gasteiger partial charge in [0.05, 0.1) is 5.02 Å². The lowest BCUT2D eigenvalue weighted by Gasteiger charge is -2.13. The maximum Gasteiger partial charge on any atom is 0.163 e. The lowest BCUT2D eigenvalue weighted by Crippen LogP contribution is -2.08. The summed E-state index contributed by atoms with van der Waals surface area (Å²) in [6.07, 6.45) is 1.89. The van der Waals surface area contributed by atoms with Gasteiger partial charge in [-0.15, -0.1) is 0 Å². The van der Waals surface area contributed by atoms with Crippen molar-refractivity contribution in [2.45, 2.75) is 33.6 Å². The van der Waals surface area contributed by atoms with E-state index in [0.717, 1.165) is 42.0 Å². The lowest BCUT2D eigenvalue weighted by atomic mass is 10.1. The zero-order valence-electron chi connectivity index (χ0n) is 12.5. The fourth-order valence-electron chi connectivity index (χ4n) is 2.11. The monoisotopic (exact) mass is 323 g/mol. The molecule has 0 unspecified atom stereocenters. The van der Waals surface area contributed by atoms with Crippen LogP contribution in [0.2, 0.25) is 10.0 Å². The maximum atomic E-state index is 6.26. The van der Waals surface area contributed by atoms with Crippen LogP contribution in [0.3, 0.4) is 0 Å². The summed E-state index contributed by atoms with van der Waals surface area (Å²) in [6, 6.07) is 5.34. The highest BCUT2D eigenvalue weighted by atomic mass is 35.5. The van der Waals surface area contributed by atoms with Gasteiger partial charge in [0.25, 0.3) is 0 Å². The van der Waals surface area contributed by atoms with Crippen LogP contribution in [0, 0.1) is 6.92 Å². The minimum atomic E-state index is 0.603. The number of halogens is 2. The first-order valence-electron chi connectivity index (χ1n) is 7.13. The molecular formula is C16H19Cl2N3. The first-order valence-corrected chi connectivity index (χ1v) is 7.89. The largest absolute Gasteiger partial charge is 0.370 e. The molecule has 0 bridgehead atoms. The molecule has 1 aromatic carbocycles. The third-order valence-electron chi connectivity index (χ3n) is 3.29. The number of aromatic nitrogens is 2. The second kappa shape index (κ2) is 7.10. The van der Waals surface area contributed by atoms with Gasteiger partial charge in [-0.3, -0.25) is 0 Å². The van der Waals surface area contributed by atoms with Crippen LogP contribution in [0.5, 0.6) is 0 Å². The van der Waals surface area contributed by atoms with Crippen LogP contribution in [0.15, 0.2) is 18.2 Å². The van der Waals surface area contributed by atoms with Crippen LogP contribution in [-0.4, -0.2) is 16.5 Å². The van der Waals surface area contributed by atoms with E-state index in [4.69, 9.17) is 23.2 Å². The molecule has 112 valence electrons. The SMILES string of the molecule is CCCNc1nc(-c2cc(Cl)ccc2Cl)nc(CC)c1C. The standard InChI is InChI=1S/C16H19Cl2N3/c1-4-8-19-15-10(3)14(5-2)20-16(21-15)12-9-11(17)6-7-13(12)18/h6-7,9H,4-5,8H2,1-3H3,(H,19,20,21). The summed E-state index contributed by atoms with van der Waals surface area (Å²) in [7, 11) is 0. The van der Waals surface area contributed by atoms with Crippen LogP contribution in [-0.2, 0) is 6.42 Å². The number of aryl methyl sites for hydroxylation is 1. The van der Waals surface area contributed by atoms with Gasteiger partial charge in [-0.2, -0.15) is 0 Å². The Bertz CT molecular complexity index is 642. The smallest absolute Gasteiger partial charge is 0.163 e. The highest BCUT2D eigenvalue weighted by molar-refractivity contribution is 6.35. The molecule has 0 atom stereocenters. The van der Waals surface area contributed by atoms with Crippen LogP contribution in [0.1, 0.15) is 31.5 Å². The molecule has 1 N–H and O–H groups in total. The van der Waals surface area contributed by atoms with Gasteiger partial charge in [-0.25, -0.2) is 9.97 Å². The topological polar surface area (TPSA) is 37.8 Å². The predicted octanol–water partition coefficient (Wildman–Crippen LogP) is 5.14. The molecule has 0 saturated heterocycles. The van der Waals surface area contributed by atoms with Crippen LogP contribution >= 0.6 is 23.2 Å². The summed E-state index contributed by atoms with van der Waals surface area (Å²) in [5.74, 6) is 1.48. The molecular weight excluding hydrogens is 305 g/mol. The molecule has 0 saturated carbocycles. The van der Waals surface area contributed by atoms with E-state index in [9.17, 15) is 0 Å². The zero-order chi connectivity index (χ0) is 15.4. The minimum Gasteiger partial charge on any atom is -0.370 e. The van der Waals surface area contributed by atoms with Crippen molar-refractivity contribution < 1.29 is 0 Å². The average Bonchev–Trinajstić information content (AvgIpc) is 2.48. The molecule has 0 amide bonds. The molecule has 3 nitrogen and oxygen atoms in total. The fraction of sp³-hybridized carbons (Fsp3) is 0.375. The molecule has 2 rings (SSSR count). The summed E-state index contributed by atoms with van der Waals surface area (Å²) in [5, 5.41) is 4.58. The summed E-state index contributed by atoms with van der Waals surface area (Å²) in [5.41, 5.74) is 2.88. The predicted molar refractivity (Wildman–Crippen MR) is 90.4 cm³/mol. The summed E-state index contributed by atoms with van der Waals surface area (Å²) >= 11 is 12.3. The second-order valence-corrected chi connectivity index (χ2v) is 5.72. The Kier molecular flexibility index (Phi) is 5.43. The van der Waals surface area contributed by atoms with Crippen molar-refractivity contribution in [3.63, 3.8) is 0 Å². The molecule has 0 fully saturated rings. The van der Waals surface area contributed by atoms with E-state index in [1.807, 2.05) is 6.92 Å². The first kappa shape index (κ1) is 16.1. The normalized spacial score (nSPS) is 10.7. The van der Waals surface area contributed by atoms with Gasteiger partial charge < -0.3 is 5.32 Å². The van der Waals surface area contributed by atoms with Gasteiger partial charge in [-0.05, 0) is 38.0 Å². The van der Waals surface area contributed by atoms with Crippen molar-refractivity contribution in [2.24, 2.45) is 0 Å². The number of hydrogen-bond acceptors (Lipinski definition) is 3. The highest BCUT2D eigenvalue weighted by Crippen LogP contribution is 2.30. The Morgan fingerprint density at radius 1 is 1.14 bits per heavy atom. The number of benzene rings is 1. The number of hydrogen-bond donors (Lipinski definition) is 1. The van der Waals surface area contributed by atoms with Gasteiger partial charge in [0.1, 0.15) is 5.82 Å². The molecule has 1 aromatic heterocycles. The molecule has 5 heteroatoms. The van der Waals surface area contributed by atoms with Crippen molar-refractivity contribution in [3.05, 3.63) is 39.5 Å². The molecule has 1 heterocycles. The average molecular weight is 324 g/mol. The number of rotatable bonds is 5. The van der Waals surface area contributed by atoms with Crippen molar-refractivity contribution in [2.75, 3.05) is 11.9 Å². The lowest BCUT2D eigenvalue weighted by molar-refractivity contribution is 0.936. The quantitative estimate of drug-likeness (QED) is 0.827. The van der Waals surface area contributed by atoms with Crippen molar-refractivity contribution in [1.82, 2.24) is 9.97 Å². The number of nitrogens with one attached hydrogen (secondary N) is 1. The van der Waals surface area contributed by atoms with Crippen molar-refractivity contribution in [3.8, 4) is 11.4 Å².